The van der Waals surface area contributed by atoms with Crippen molar-refractivity contribution in [3.8, 4) is 0 Å². The molecular formula is C11H21FN2. The lowest BCUT2D eigenvalue weighted by atomic mass is 9.85. The second-order valence-corrected chi connectivity index (χ2v) is 5.36. The van der Waals surface area contributed by atoms with Crippen molar-refractivity contribution >= 4 is 0 Å². The van der Waals surface area contributed by atoms with Crippen LogP contribution in [0.15, 0.2) is 0 Å². The van der Waals surface area contributed by atoms with Crippen molar-refractivity contribution in [3.63, 3.8) is 0 Å². The van der Waals surface area contributed by atoms with Crippen molar-refractivity contribution in [3.05, 3.63) is 0 Å². The van der Waals surface area contributed by atoms with Gasteiger partial charge in [0.1, 0.15) is 5.67 Å². The maximum Gasteiger partial charge on any atom is 0.133 e. The van der Waals surface area contributed by atoms with E-state index in [-0.39, 0.29) is 0 Å². The SMILES string of the molecule is CC1(F)CN(CC2CCC(N)CC2)C1. The van der Waals surface area contributed by atoms with E-state index in [0.717, 1.165) is 25.3 Å². The minimum Gasteiger partial charge on any atom is -0.328 e. The van der Waals surface area contributed by atoms with Crippen LogP contribution in [0, 0.1) is 5.92 Å². The molecule has 2 aliphatic rings. The van der Waals surface area contributed by atoms with Crippen molar-refractivity contribution in [2.24, 2.45) is 11.7 Å². The van der Waals surface area contributed by atoms with Gasteiger partial charge in [0.25, 0.3) is 0 Å². The second-order valence-electron chi connectivity index (χ2n) is 5.36. The Kier molecular flexibility index (Phi) is 2.80. The summed E-state index contributed by atoms with van der Waals surface area (Å²) in [5.74, 6) is 0.769. The number of rotatable bonds is 2. The molecule has 3 heteroatoms. The molecule has 0 aromatic heterocycles. The van der Waals surface area contributed by atoms with E-state index in [0.29, 0.717) is 19.1 Å². The summed E-state index contributed by atoms with van der Waals surface area (Å²) in [4.78, 5) is 2.24. The third-order valence-corrected chi connectivity index (χ3v) is 3.51. The molecule has 1 aliphatic heterocycles. The molecule has 0 radical (unpaired) electrons. The van der Waals surface area contributed by atoms with Crippen LogP contribution in [-0.4, -0.2) is 36.2 Å². The van der Waals surface area contributed by atoms with Crippen molar-refractivity contribution in [1.29, 1.82) is 0 Å². The van der Waals surface area contributed by atoms with Gasteiger partial charge in [0.15, 0.2) is 0 Å². The van der Waals surface area contributed by atoms with Crippen LogP contribution in [-0.2, 0) is 0 Å². The minimum absolute atomic E-state index is 0.425. The zero-order valence-corrected chi connectivity index (χ0v) is 9.01. The van der Waals surface area contributed by atoms with Crippen molar-refractivity contribution in [2.45, 2.75) is 44.3 Å². The fourth-order valence-electron chi connectivity index (χ4n) is 2.75. The van der Waals surface area contributed by atoms with Gasteiger partial charge in [0, 0.05) is 25.7 Å². The average Bonchev–Trinajstić information content (AvgIpc) is 2.06. The summed E-state index contributed by atoms with van der Waals surface area (Å²) in [6.45, 7) is 4.05. The first kappa shape index (κ1) is 10.4. The van der Waals surface area contributed by atoms with E-state index < -0.39 is 5.67 Å². The van der Waals surface area contributed by atoms with Crippen LogP contribution in [0.2, 0.25) is 0 Å². The zero-order valence-electron chi connectivity index (χ0n) is 9.01. The summed E-state index contributed by atoms with van der Waals surface area (Å²) in [6, 6.07) is 0.425. The van der Waals surface area contributed by atoms with E-state index in [2.05, 4.69) is 4.90 Å². The first-order valence-corrected chi connectivity index (χ1v) is 5.72. The number of likely N-dealkylation sites (tertiary alicyclic amines) is 1. The lowest BCUT2D eigenvalue weighted by Crippen LogP contribution is -2.58. The Hall–Kier alpha value is -0.150. The second kappa shape index (κ2) is 3.78. The third kappa shape index (κ3) is 2.45. The summed E-state index contributed by atoms with van der Waals surface area (Å²) >= 11 is 0. The van der Waals surface area contributed by atoms with E-state index in [1.54, 1.807) is 6.92 Å². The van der Waals surface area contributed by atoms with Crippen LogP contribution in [0.3, 0.4) is 0 Å². The van der Waals surface area contributed by atoms with Gasteiger partial charge in [-0.1, -0.05) is 0 Å². The average molecular weight is 200 g/mol. The molecule has 1 heterocycles. The molecule has 0 spiro atoms. The predicted molar refractivity (Wildman–Crippen MR) is 55.9 cm³/mol. The molecule has 1 saturated carbocycles. The standard InChI is InChI=1S/C11H21FN2/c1-11(12)7-14(8-11)6-9-2-4-10(13)5-3-9/h9-10H,2-8,13H2,1H3. The highest BCUT2D eigenvalue weighted by Crippen LogP contribution is 2.29. The Bertz CT molecular complexity index is 189. The van der Waals surface area contributed by atoms with Gasteiger partial charge in [-0.15, -0.1) is 0 Å². The smallest absolute Gasteiger partial charge is 0.133 e. The molecule has 1 aliphatic carbocycles. The summed E-state index contributed by atoms with van der Waals surface area (Å²) in [6.07, 6.45) is 4.79. The lowest BCUT2D eigenvalue weighted by Gasteiger charge is -2.44. The van der Waals surface area contributed by atoms with Crippen LogP contribution < -0.4 is 5.73 Å². The van der Waals surface area contributed by atoms with E-state index >= 15 is 0 Å². The predicted octanol–water partition coefficient (Wildman–Crippen LogP) is 1.55. The minimum atomic E-state index is -0.912. The van der Waals surface area contributed by atoms with Crippen molar-refractivity contribution in [2.75, 3.05) is 19.6 Å². The van der Waals surface area contributed by atoms with Crippen LogP contribution >= 0.6 is 0 Å². The normalized spacial score (nSPS) is 37.9. The maximum absolute atomic E-state index is 13.2. The van der Waals surface area contributed by atoms with Gasteiger partial charge in [0.2, 0.25) is 0 Å². The molecule has 2 N–H and O–H groups in total. The van der Waals surface area contributed by atoms with Gasteiger partial charge in [-0.2, -0.15) is 0 Å². The molecule has 1 saturated heterocycles. The Morgan fingerprint density at radius 2 is 1.86 bits per heavy atom. The Labute approximate surface area is 85.6 Å². The number of hydrogen-bond acceptors (Lipinski definition) is 2. The highest BCUT2D eigenvalue weighted by Gasteiger charge is 2.39. The molecular weight excluding hydrogens is 179 g/mol. The Morgan fingerprint density at radius 3 is 2.36 bits per heavy atom. The maximum atomic E-state index is 13.2. The van der Waals surface area contributed by atoms with E-state index in [1.807, 2.05) is 0 Å². The molecule has 0 bridgehead atoms. The van der Waals surface area contributed by atoms with E-state index in [1.165, 1.54) is 12.8 Å². The molecule has 0 aromatic carbocycles. The van der Waals surface area contributed by atoms with E-state index in [9.17, 15) is 4.39 Å². The molecule has 0 unspecified atom stereocenters. The monoisotopic (exact) mass is 200 g/mol. The summed E-state index contributed by atoms with van der Waals surface area (Å²) in [5.41, 5.74) is 4.93. The van der Waals surface area contributed by atoms with Gasteiger partial charge in [-0.25, -0.2) is 4.39 Å². The van der Waals surface area contributed by atoms with Crippen LogP contribution in [0.25, 0.3) is 0 Å². The molecule has 2 nitrogen and oxygen atoms in total. The highest BCUT2D eigenvalue weighted by molar-refractivity contribution is 4.93. The van der Waals surface area contributed by atoms with Crippen LogP contribution in [0.5, 0.6) is 0 Å². The van der Waals surface area contributed by atoms with Crippen LogP contribution in [0.1, 0.15) is 32.6 Å². The molecule has 2 fully saturated rings. The van der Waals surface area contributed by atoms with Crippen molar-refractivity contribution < 1.29 is 4.39 Å². The quantitative estimate of drug-likeness (QED) is 0.732. The van der Waals surface area contributed by atoms with Gasteiger partial charge >= 0.3 is 0 Å². The molecule has 2 rings (SSSR count). The lowest BCUT2D eigenvalue weighted by molar-refractivity contribution is -0.0288. The highest BCUT2D eigenvalue weighted by atomic mass is 19.1. The summed E-state index contributed by atoms with van der Waals surface area (Å²) in [7, 11) is 0. The fourth-order valence-corrected chi connectivity index (χ4v) is 2.75. The zero-order chi connectivity index (χ0) is 10.2. The topological polar surface area (TPSA) is 29.3 Å². The van der Waals surface area contributed by atoms with Gasteiger partial charge in [0.05, 0.1) is 0 Å². The number of alkyl halides is 1. The van der Waals surface area contributed by atoms with Gasteiger partial charge in [-0.05, 0) is 38.5 Å². The number of nitrogens with two attached hydrogens (primary N) is 1. The molecule has 0 aromatic rings. The Balaban J connectivity index is 1.67. The largest absolute Gasteiger partial charge is 0.328 e. The van der Waals surface area contributed by atoms with Gasteiger partial charge in [-0.3, -0.25) is 4.90 Å². The molecule has 0 atom stereocenters. The van der Waals surface area contributed by atoms with Gasteiger partial charge < -0.3 is 5.73 Å². The fraction of sp³-hybridized carbons (Fsp3) is 1.00. The number of halogens is 1. The Morgan fingerprint density at radius 1 is 1.29 bits per heavy atom. The molecule has 82 valence electrons. The third-order valence-electron chi connectivity index (χ3n) is 3.51. The number of nitrogens with zero attached hydrogens (tertiary/aromatic N) is 1. The summed E-state index contributed by atoms with van der Waals surface area (Å²) in [5, 5.41) is 0. The van der Waals surface area contributed by atoms with Crippen molar-refractivity contribution in [1.82, 2.24) is 4.90 Å². The molecule has 14 heavy (non-hydrogen) atoms. The van der Waals surface area contributed by atoms with Crippen LogP contribution in [0.4, 0.5) is 4.39 Å². The first-order valence-electron chi connectivity index (χ1n) is 5.72. The first-order chi connectivity index (χ1) is 6.55. The van der Waals surface area contributed by atoms with E-state index in [4.69, 9.17) is 5.73 Å². The number of hydrogen-bond donors (Lipinski definition) is 1. The summed E-state index contributed by atoms with van der Waals surface area (Å²) < 4.78 is 13.2. The molecule has 0 amide bonds.